The van der Waals surface area contributed by atoms with Gasteiger partial charge in [-0.15, -0.1) is 161 Å². The first-order valence-corrected chi connectivity index (χ1v) is 80.8. The standard InChI is InChI=1S/C23H70O9P36/c1-10-11(29-57(66(52)62(44)45)68(64(48)49)65(50)51)7-23-18(26-19(24)28-23)17-21(4,6-12(16(10)20(23,2)3)30-56(61(42)43)67(53-34)63(46)47)13(32-55(59(38)39)60(40)41)5-14(31-54(35)58(36)37)22(17)9-25-15(8-33)27-22/h11-15,17-18,53H,5-9,33-52H2,1-4H3/t11-,12+,13-,14+,15?,17-,18-,21+,22-,23+,54?,56?,57?,66?,67?/m0/s1. The monoisotopic (exact) mass is 1610 g/mol. The van der Waals surface area contributed by atoms with Gasteiger partial charge in [-0.05, 0) is 80.4 Å². The largest absolute Gasteiger partial charge is 0.509 e. The first-order chi connectivity index (χ1) is 31.5. The van der Waals surface area contributed by atoms with Gasteiger partial charge in [-0.3, -0.25) is 0 Å². The zero-order chi connectivity index (χ0) is 51.3. The Kier molecular flexibility index (Phi) is 34.7. The van der Waals surface area contributed by atoms with Gasteiger partial charge in [0.05, 0.1) is 61.1 Å². The van der Waals surface area contributed by atoms with Crippen molar-refractivity contribution in [3.8, 4) is 0 Å². The van der Waals surface area contributed by atoms with E-state index in [1.807, 2.05) is 0 Å². The molecule has 5 aliphatic rings. The Morgan fingerprint density at radius 1 is 0.676 bits per heavy atom. The lowest BCUT2D eigenvalue weighted by Crippen LogP contribution is -2.74. The van der Waals surface area contributed by atoms with Gasteiger partial charge in [-0.25, -0.2) is 4.79 Å². The van der Waals surface area contributed by atoms with E-state index in [4.69, 9.17) is 37.0 Å². The highest BCUT2D eigenvalue weighted by atomic mass is 33.2. The summed E-state index contributed by atoms with van der Waals surface area (Å²) < 4.78 is 59.4. The molecule has 36 atom stereocenters. The zero-order valence-corrected chi connectivity index (χ0v) is 75.0. The highest BCUT2D eigenvalue weighted by Gasteiger charge is 2.78. The molecule has 27 unspecified atom stereocenters. The number of hydrogen-bond acceptors (Lipinski definition) is 9. The second-order valence-corrected chi connectivity index (χ2v) is 139. The summed E-state index contributed by atoms with van der Waals surface area (Å²) >= 11 is 0. The van der Waals surface area contributed by atoms with Crippen molar-refractivity contribution in [2.45, 2.75) is 95.0 Å². The Balaban J connectivity index is 1.94. The molecule has 9 nitrogen and oxygen atoms in total. The van der Waals surface area contributed by atoms with Gasteiger partial charge in [0.2, 0.25) is 0 Å². The fourth-order valence-corrected chi connectivity index (χ4v) is 208. The molecule has 0 aromatic carbocycles. The van der Waals surface area contributed by atoms with Crippen molar-refractivity contribution in [2.24, 2.45) is 16.7 Å². The number of carbonyl (C=O) groups is 1. The van der Waals surface area contributed by atoms with Crippen LogP contribution >= 0.6 is 294 Å². The molecule has 5 rings (SSSR count). The first kappa shape index (κ1) is 73.0. The van der Waals surface area contributed by atoms with Crippen LogP contribution in [0.3, 0.4) is 0 Å². The summed E-state index contributed by atoms with van der Waals surface area (Å²) in [5, 5.41) is 0. The van der Waals surface area contributed by atoms with Crippen LogP contribution in [0.15, 0.2) is 11.1 Å². The van der Waals surface area contributed by atoms with Crippen LogP contribution in [0.1, 0.15) is 47.0 Å². The second-order valence-electron chi connectivity index (χ2n) is 16.7. The number of rotatable bonds is 21. The molecule has 2 aliphatic heterocycles. The average molecular weight is 1610 g/mol. The maximum atomic E-state index is 14.7. The fraction of sp³-hybridized carbons (Fsp3) is 0.870. The summed E-state index contributed by atoms with van der Waals surface area (Å²) in [7, 11) is 59.1. The van der Waals surface area contributed by atoms with Crippen LogP contribution in [-0.4, -0.2) is 66.9 Å². The van der Waals surface area contributed by atoms with E-state index in [1.165, 1.54) is 11.1 Å². The van der Waals surface area contributed by atoms with Crippen LogP contribution in [-0.2, 0) is 37.0 Å². The Bertz CT molecular complexity index is 1720. The van der Waals surface area contributed by atoms with Crippen LogP contribution < -0.4 is 0 Å². The summed E-state index contributed by atoms with van der Waals surface area (Å²) in [5.41, 5.74) is -1.27. The van der Waals surface area contributed by atoms with Gasteiger partial charge < -0.3 is 37.0 Å². The van der Waals surface area contributed by atoms with Crippen molar-refractivity contribution >= 4 is 300 Å². The first-order valence-electron chi connectivity index (χ1n) is 19.7. The van der Waals surface area contributed by atoms with E-state index in [9.17, 15) is 4.79 Å². The van der Waals surface area contributed by atoms with E-state index >= 15 is 0 Å². The van der Waals surface area contributed by atoms with Crippen molar-refractivity contribution in [1.82, 2.24) is 0 Å². The lowest BCUT2D eigenvalue weighted by atomic mass is 9.46. The van der Waals surface area contributed by atoms with Crippen molar-refractivity contribution in [3.05, 3.63) is 11.1 Å². The van der Waals surface area contributed by atoms with Crippen molar-refractivity contribution in [3.63, 3.8) is 0 Å². The summed E-state index contributed by atoms with van der Waals surface area (Å²) in [5.74, 6) is -0.489. The van der Waals surface area contributed by atoms with Crippen LogP contribution in [0.25, 0.3) is 0 Å². The van der Waals surface area contributed by atoms with Gasteiger partial charge in [-0.2, -0.15) is 0 Å². The van der Waals surface area contributed by atoms with Crippen LogP contribution in [0.2, 0.25) is 0 Å². The van der Waals surface area contributed by atoms with E-state index < -0.39 is 160 Å². The van der Waals surface area contributed by atoms with Crippen LogP contribution in [0.5, 0.6) is 0 Å². The number of fused-ring (bicyclic) bond motifs is 4. The Morgan fingerprint density at radius 2 is 1.25 bits per heavy atom. The highest BCUT2D eigenvalue weighted by Crippen LogP contribution is 3.18. The molecule has 3 aliphatic carbocycles. The van der Waals surface area contributed by atoms with Gasteiger partial charge >= 0.3 is 6.16 Å². The predicted octanol–water partition coefficient (Wildman–Crippen LogP) is 22.5. The zero-order valence-electron chi connectivity index (χ0n) is 37.5. The molecule has 0 radical (unpaired) electrons. The third kappa shape index (κ3) is 16.8. The summed E-state index contributed by atoms with van der Waals surface area (Å²) in [4.78, 5) is 14.7. The van der Waals surface area contributed by atoms with Crippen molar-refractivity contribution < 1.29 is 41.8 Å². The quantitative estimate of drug-likeness (QED) is 0.0633. The van der Waals surface area contributed by atoms with E-state index in [0.29, 0.717) is 33.4 Å². The Hall–Kier alpha value is 14.2. The molecule has 2 saturated carbocycles. The lowest BCUT2D eigenvalue weighted by molar-refractivity contribution is -0.259. The van der Waals surface area contributed by atoms with Gasteiger partial charge in [-0.1, -0.05) is 46.6 Å². The molecule has 45 heteroatoms. The molecule has 4 fully saturated rings. The van der Waals surface area contributed by atoms with Crippen molar-refractivity contribution in [2.75, 3.05) is 12.8 Å². The summed E-state index contributed by atoms with van der Waals surface area (Å²) in [6.45, 7) is 3.72. The molecule has 68 heavy (non-hydrogen) atoms. The van der Waals surface area contributed by atoms with E-state index in [0.717, 1.165) is 0 Å². The highest BCUT2D eigenvalue weighted by molar-refractivity contribution is 9.19. The lowest BCUT2D eigenvalue weighted by Gasteiger charge is -2.65. The normalized spacial score (nSPS) is 35.4. The second kappa shape index (κ2) is 32.3. The molecule has 0 amide bonds. The molecule has 2 saturated heterocycles. The third-order valence-corrected chi connectivity index (χ3v) is 168. The van der Waals surface area contributed by atoms with Gasteiger partial charge in [0, 0.05) is 56.7 Å². The van der Waals surface area contributed by atoms with Gasteiger partial charge in [0.15, 0.2) is 18.0 Å². The van der Waals surface area contributed by atoms with E-state index in [2.05, 4.69) is 207 Å². The smallest absolute Gasteiger partial charge is 0.426 e. The Labute approximate surface area is 472 Å². The fourth-order valence-electron chi connectivity index (χ4n) is 9.82. The summed E-state index contributed by atoms with van der Waals surface area (Å²) in [6, 6.07) is 0. The summed E-state index contributed by atoms with van der Waals surface area (Å²) in [6.07, 6.45) is -1.13. The Morgan fingerprint density at radius 3 is 1.72 bits per heavy atom. The molecule has 0 aromatic heterocycles. The number of ether oxygens (including phenoxy) is 4. The molecule has 2 bridgehead atoms. The number of carbonyl (C=O) groups excluding carboxylic acids is 1. The maximum Gasteiger partial charge on any atom is 0.509 e. The minimum absolute atomic E-state index is 0.283. The minimum atomic E-state index is -1.18. The van der Waals surface area contributed by atoms with Gasteiger partial charge in [0.25, 0.3) is 0 Å². The maximum absolute atomic E-state index is 14.7. The predicted molar refractivity (Wildman–Crippen MR) is 410 cm³/mol. The minimum Gasteiger partial charge on any atom is -0.426 e. The molecular weight excluding hydrogens is 1540 g/mol. The average Bonchev–Trinajstić information content (AvgIpc) is 3.79. The topological polar surface area (TPSA) is 90.9 Å². The van der Waals surface area contributed by atoms with Crippen molar-refractivity contribution in [1.29, 1.82) is 0 Å². The van der Waals surface area contributed by atoms with Crippen LogP contribution in [0.4, 0.5) is 4.79 Å². The SMILES string of the molecule is CC1=C2[C@H](OP(P(P)P)P(PP)P(P)P)C[C@]3(C)[C@@H](OP(P(P)P)P(P)P)C[C@@H](OP(P)P(P)P)[C@@]4(COC(CP)O4)[C@H]3[C@@H]3OC(=O)O[C@@]3(C[C@@H]1OP(P(P)P(P)P)P(P(P)P)P(P)P)C2(C)C. The molecule has 396 valence electrons. The molecule has 0 N–H and O–H groups in total. The van der Waals surface area contributed by atoms with E-state index in [1.54, 1.807) is 0 Å². The van der Waals surface area contributed by atoms with Gasteiger partial charge in [0.1, 0.15) is 5.60 Å². The molecule has 0 aromatic rings. The van der Waals surface area contributed by atoms with Crippen LogP contribution in [0, 0.1) is 16.7 Å². The third-order valence-electron chi connectivity index (χ3n) is 12.5. The molecule has 2 spiro atoms. The number of hydrogen-bond donors (Lipinski definition) is 0. The molecular formula is C23H70O9P36. The van der Waals surface area contributed by atoms with E-state index in [-0.39, 0.29) is 24.9 Å². The molecule has 2 heterocycles.